The number of hydrogen-bond acceptors (Lipinski definition) is 5. The number of aliphatic carboxylic acids is 1. The summed E-state index contributed by atoms with van der Waals surface area (Å²) in [6.07, 6.45) is -0.677. The van der Waals surface area contributed by atoms with E-state index in [9.17, 15) is 14.7 Å². The molecule has 0 spiro atoms. The molecule has 25 heavy (non-hydrogen) atoms. The van der Waals surface area contributed by atoms with E-state index in [1.165, 1.54) is 0 Å². The third-order valence-corrected chi connectivity index (χ3v) is 3.68. The molecule has 1 amide bonds. The first kappa shape index (κ1) is 16.6. The lowest BCUT2D eigenvalue weighted by Crippen LogP contribution is -2.42. The third-order valence-electron chi connectivity index (χ3n) is 3.68. The molecule has 7 heteroatoms. The van der Waals surface area contributed by atoms with Gasteiger partial charge in [0.25, 0.3) is 0 Å². The molecule has 2 aromatic rings. The second kappa shape index (κ2) is 7.57. The van der Waals surface area contributed by atoms with Crippen LogP contribution in [0, 0.1) is 0 Å². The molecule has 0 bridgehead atoms. The van der Waals surface area contributed by atoms with Gasteiger partial charge < -0.3 is 24.6 Å². The average Bonchev–Trinajstić information content (AvgIpc) is 3.08. The first-order valence-corrected chi connectivity index (χ1v) is 7.70. The molecule has 1 atom stereocenters. The van der Waals surface area contributed by atoms with Gasteiger partial charge in [-0.2, -0.15) is 0 Å². The van der Waals surface area contributed by atoms with Gasteiger partial charge in [0.05, 0.1) is 0 Å². The monoisotopic (exact) mass is 343 g/mol. The summed E-state index contributed by atoms with van der Waals surface area (Å²) in [5.74, 6) is 0.0356. The zero-order chi connectivity index (χ0) is 17.6. The Hall–Kier alpha value is -3.22. The second-order valence-electron chi connectivity index (χ2n) is 5.49. The van der Waals surface area contributed by atoms with E-state index >= 15 is 0 Å². The van der Waals surface area contributed by atoms with Crippen LogP contribution in [0.4, 0.5) is 4.79 Å². The largest absolute Gasteiger partial charge is 0.480 e. The minimum Gasteiger partial charge on any atom is -0.480 e. The summed E-state index contributed by atoms with van der Waals surface area (Å²) < 4.78 is 15.5. The van der Waals surface area contributed by atoms with Gasteiger partial charge in [-0.1, -0.05) is 36.4 Å². The number of carbonyl (C=O) groups is 2. The molecule has 0 radical (unpaired) electrons. The summed E-state index contributed by atoms with van der Waals surface area (Å²) in [6.45, 7) is 0.217. The molecule has 3 rings (SSSR count). The van der Waals surface area contributed by atoms with Crippen LogP contribution in [-0.4, -0.2) is 30.0 Å². The van der Waals surface area contributed by atoms with Crippen molar-refractivity contribution in [3.63, 3.8) is 0 Å². The number of fused-ring (bicyclic) bond motifs is 1. The number of hydrogen-bond donors (Lipinski definition) is 2. The molecule has 1 aliphatic rings. The number of ether oxygens (including phenoxy) is 3. The summed E-state index contributed by atoms with van der Waals surface area (Å²) >= 11 is 0. The van der Waals surface area contributed by atoms with E-state index in [1.54, 1.807) is 18.2 Å². The Morgan fingerprint density at radius 1 is 1.08 bits per heavy atom. The average molecular weight is 343 g/mol. The second-order valence-corrected chi connectivity index (χ2v) is 5.49. The molecular weight excluding hydrogens is 326 g/mol. The van der Waals surface area contributed by atoms with Crippen molar-refractivity contribution in [2.75, 3.05) is 6.79 Å². The molecule has 7 nitrogen and oxygen atoms in total. The van der Waals surface area contributed by atoms with Gasteiger partial charge in [-0.05, 0) is 23.3 Å². The number of carbonyl (C=O) groups excluding carboxylic acids is 1. The third kappa shape index (κ3) is 4.41. The molecule has 0 aliphatic carbocycles. The standard InChI is InChI=1S/C18H17NO6/c20-17(21)14(8-13-6-7-15-16(9-13)25-11-24-15)19-18(22)23-10-12-4-2-1-3-5-12/h1-7,9,14H,8,10-11H2,(H,19,22)(H,20,21)/t14-/m0/s1. The van der Waals surface area contributed by atoms with Gasteiger partial charge in [-0.15, -0.1) is 0 Å². The maximum atomic E-state index is 11.9. The predicted octanol–water partition coefficient (Wildman–Crippen LogP) is 2.34. The summed E-state index contributed by atoms with van der Waals surface area (Å²) in [5, 5.41) is 11.7. The Morgan fingerprint density at radius 3 is 2.60 bits per heavy atom. The quantitative estimate of drug-likeness (QED) is 0.836. The fourth-order valence-corrected chi connectivity index (χ4v) is 2.41. The van der Waals surface area contributed by atoms with Gasteiger partial charge in [-0.3, -0.25) is 0 Å². The van der Waals surface area contributed by atoms with Crippen molar-refractivity contribution in [3.05, 3.63) is 59.7 Å². The van der Waals surface area contributed by atoms with E-state index in [0.717, 1.165) is 5.56 Å². The van der Waals surface area contributed by atoms with Crippen LogP contribution in [-0.2, 0) is 22.6 Å². The van der Waals surface area contributed by atoms with Crippen LogP contribution >= 0.6 is 0 Å². The predicted molar refractivity (Wildman–Crippen MR) is 87.5 cm³/mol. The normalized spacial score (nSPS) is 13.1. The number of rotatable bonds is 6. The highest BCUT2D eigenvalue weighted by molar-refractivity contribution is 5.80. The Labute approximate surface area is 144 Å². The van der Waals surface area contributed by atoms with Crippen molar-refractivity contribution in [2.24, 2.45) is 0 Å². The van der Waals surface area contributed by atoms with Crippen molar-refractivity contribution in [2.45, 2.75) is 19.1 Å². The molecule has 1 heterocycles. The van der Waals surface area contributed by atoms with E-state index < -0.39 is 18.1 Å². The number of amides is 1. The maximum Gasteiger partial charge on any atom is 0.408 e. The van der Waals surface area contributed by atoms with Crippen LogP contribution in [0.3, 0.4) is 0 Å². The minimum absolute atomic E-state index is 0.0725. The molecule has 0 fully saturated rings. The maximum absolute atomic E-state index is 11.9. The fraction of sp³-hybridized carbons (Fsp3) is 0.222. The van der Waals surface area contributed by atoms with Crippen LogP contribution in [0.25, 0.3) is 0 Å². The Kier molecular flexibility index (Phi) is 5.03. The molecule has 0 saturated heterocycles. The number of benzene rings is 2. The van der Waals surface area contributed by atoms with Crippen LogP contribution in [0.2, 0.25) is 0 Å². The van der Waals surface area contributed by atoms with Crippen LogP contribution in [0.15, 0.2) is 48.5 Å². The Balaban J connectivity index is 1.57. The van der Waals surface area contributed by atoms with E-state index in [0.29, 0.717) is 17.1 Å². The lowest BCUT2D eigenvalue weighted by molar-refractivity contribution is -0.139. The molecule has 2 N–H and O–H groups in total. The van der Waals surface area contributed by atoms with Gasteiger partial charge in [0.15, 0.2) is 11.5 Å². The van der Waals surface area contributed by atoms with Gasteiger partial charge in [0, 0.05) is 6.42 Å². The van der Waals surface area contributed by atoms with Gasteiger partial charge in [-0.25, -0.2) is 9.59 Å². The van der Waals surface area contributed by atoms with Gasteiger partial charge >= 0.3 is 12.1 Å². The van der Waals surface area contributed by atoms with Gasteiger partial charge in [0.2, 0.25) is 6.79 Å². The van der Waals surface area contributed by atoms with E-state index in [-0.39, 0.29) is 19.8 Å². The summed E-state index contributed by atoms with van der Waals surface area (Å²) in [4.78, 5) is 23.3. The topological polar surface area (TPSA) is 94.1 Å². The van der Waals surface area contributed by atoms with Crippen molar-refractivity contribution >= 4 is 12.1 Å². The van der Waals surface area contributed by atoms with E-state index in [1.807, 2.05) is 30.3 Å². The molecule has 1 aliphatic heterocycles. The van der Waals surface area contributed by atoms with Crippen molar-refractivity contribution in [3.8, 4) is 11.5 Å². The Morgan fingerprint density at radius 2 is 1.84 bits per heavy atom. The van der Waals surface area contributed by atoms with E-state index in [2.05, 4.69) is 5.32 Å². The number of nitrogens with one attached hydrogen (secondary N) is 1. The molecule has 0 aromatic heterocycles. The number of carboxylic acid groups (broad SMARTS) is 1. The molecule has 130 valence electrons. The number of carboxylic acids is 1. The SMILES string of the molecule is O=C(N[C@@H](Cc1ccc2c(c1)OCO2)C(=O)O)OCc1ccccc1. The molecule has 0 saturated carbocycles. The highest BCUT2D eigenvalue weighted by atomic mass is 16.7. The van der Waals surface area contributed by atoms with Gasteiger partial charge in [0.1, 0.15) is 12.6 Å². The summed E-state index contributed by atoms with van der Waals surface area (Å²) in [6, 6.07) is 13.2. The molecule has 0 unspecified atom stereocenters. The Bertz CT molecular complexity index is 761. The van der Waals surface area contributed by atoms with Crippen molar-refractivity contribution < 1.29 is 28.9 Å². The molecule has 2 aromatic carbocycles. The zero-order valence-corrected chi connectivity index (χ0v) is 13.3. The first-order chi connectivity index (χ1) is 12.1. The highest BCUT2D eigenvalue weighted by Crippen LogP contribution is 2.32. The zero-order valence-electron chi connectivity index (χ0n) is 13.3. The minimum atomic E-state index is -1.14. The van der Waals surface area contributed by atoms with Crippen LogP contribution < -0.4 is 14.8 Å². The van der Waals surface area contributed by atoms with Crippen LogP contribution in [0.5, 0.6) is 11.5 Å². The number of alkyl carbamates (subject to hydrolysis) is 1. The smallest absolute Gasteiger partial charge is 0.408 e. The fourth-order valence-electron chi connectivity index (χ4n) is 2.41. The van der Waals surface area contributed by atoms with Crippen molar-refractivity contribution in [1.82, 2.24) is 5.32 Å². The van der Waals surface area contributed by atoms with Crippen molar-refractivity contribution in [1.29, 1.82) is 0 Å². The lowest BCUT2D eigenvalue weighted by Gasteiger charge is -2.15. The molecular formula is C18H17NO6. The van der Waals surface area contributed by atoms with Crippen LogP contribution in [0.1, 0.15) is 11.1 Å². The highest BCUT2D eigenvalue weighted by Gasteiger charge is 2.22. The van der Waals surface area contributed by atoms with E-state index in [4.69, 9.17) is 14.2 Å². The summed E-state index contributed by atoms with van der Waals surface area (Å²) in [7, 11) is 0. The summed E-state index contributed by atoms with van der Waals surface area (Å²) in [5.41, 5.74) is 1.53. The lowest BCUT2D eigenvalue weighted by atomic mass is 10.1. The first-order valence-electron chi connectivity index (χ1n) is 7.70.